The summed E-state index contributed by atoms with van der Waals surface area (Å²) in [5, 5.41) is 60.4. The molecule has 0 bridgehead atoms. The average Bonchev–Trinajstić information content (AvgIpc) is 3.26. The van der Waals surface area contributed by atoms with Crippen molar-refractivity contribution >= 4 is 0 Å². The minimum absolute atomic E-state index is 0.353. The van der Waals surface area contributed by atoms with E-state index in [9.17, 15) is 25.5 Å². The predicted molar refractivity (Wildman–Crippen MR) is 115 cm³/mol. The summed E-state index contributed by atoms with van der Waals surface area (Å²) in [5.41, 5.74) is 1.93. The van der Waals surface area contributed by atoms with Crippen molar-refractivity contribution in [3.05, 3.63) is 47.8 Å². The molecular weight excluding hydrogens is 416 g/mol. The normalized spacial score (nSPS) is 28.2. The highest BCUT2D eigenvalue weighted by Gasteiger charge is 2.47. The fraction of sp³-hybridized carbons (Fsp3) is 0.636. The number of aryl methyl sites for hydroxylation is 1. The Morgan fingerprint density at radius 2 is 1.56 bits per heavy atom. The molecule has 10 nitrogen and oxygen atoms in total. The van der Waals surface area contributed by atoms with E-state index < -0.39 is 36.6 Å². The molecule has 1 aliphatic rings. The van der Waals surface area contributed by atoms with E-state index in [0.29, 0.717) is 19.6 Å². The summed E-state index contributed by atoms with van der Waals surface area (Å²) in [7, 11) is 0. The molecule has 0 amide bonds. The van der Waals surface area contributed by atoms with Crippen molar-refractivity contribution < 1.29 is 30.3 Å². The highest BCUT2D eigenvalue weighted by molar-refractivity contribution is 5.13. The van der Waals surface area contributed by atoms with Crippen molar-refractivity contribution in [2.75, 3.05) is 13.2 Å². The molecule has 6 N–H and O–H groups in total. The molecule has 1 fully saturated rings. The molecular formula is C22H34N4O6. The Bertz CT molecular complexity index is 776. The van der Waals surface area contributed by atoms with Gasteiger partial charge in [0.2, 0.25) is 0 Å². The third-order valence-corrected chi connectivity index (χ3v) is 5.77. The van der Waals surface area contributed by atoms with E-state index in [0.717, 1.165) is 38.1 Å². The number of hydrogen-bond donors (Lipinski definition) is 6. The molecule has 2 aromatic rings. The van der Waals surface area contributed by atoms with E-state index in [1.54, 1.807) is 4.68 Å². The van der Waals surface area contributed by atoms with Crippen LogP contribution in [-0.4, -0.2) is 90.2 Å². The maximum absolute atomic E-state index is 10.0. The van der Waals surface area contributed by atoms with Gasteiger partial charge in [-0.3, -0.25) is 4.68 Å². The van der Waals surface area contributed by atoms with Gasteiger partial charge in [-0.2, -0.15) is 0 Å². The number of benzene rings is 1. The Morgan fingerprint density at radius 3 is 2.28 bits per heavy atom. The van der Waals surface area contributed by atoms with Crippen molar-refractivity contribution in [2.24, 2.45) is 0 Å². The summed E-state index contributed by atoms with van der Waals surface area (Å²) in [6, 6.07) is 9.14. The zero-order valence-electron chi connectivity index (χ0n) is 18.1. The van der Waals surface area contributed by atoms with Crippen LogP contribution in [0.5, 0.6) is 0 Å². The minimum atomic E-state index is -1.59. The third kappa shape index (κ3) is 6.79. The molecule has 0 saturated heterocycles. The lowest BCUT2D eigenvalue weighted by Gasteiger charge is -2.42. The Kier molecular flexibility index (Phi) is 9.54. The van der Waals surface area contributed by atoms with Crippen LogP contribution < -0.4 is 5.32 Å². The number of aromatic nitrogens is 3. The second-order valence-corrected chi connectivity index (χ2v) is 8.25. The molecule has 1 heterocycles. The first-order chi connectivity index (χ1) is 15.5. The van der Waals surface area contributed by atoms with Crippen molar-refractivity contribution in [1.29, 1.82) is 0 Å². The average molecular weight is 451 g/mol. The van der Waals surface area contributed by atoms with E-state index in [2.05, 4.69) is 15.6 Å². The molecule has 0 spiro atoms. The van der Waals surface area contributed by atoms with Gasteiger partial charge in [0.25, 0.3) is 0 Å². The second kappa shape index (κ2) is 12.4. The first kappa shape index (κ1) is 24.7. The zero-order chi connectivity index (χ0) is 22.9. The summed E-state index contributed by atoms with van der Waals surface area (Å²) in [4.78, 5) is 0. The quantitative estimate of drug-likeness (QED) is 0.223. The Morgan fingerprint density at radius 1 is 0.875 bits per heavy atom. The van der Waals surface area contributed by atoms with E-state index >= 15 is 0 Å². The maximum Gasteiger partial charge on any atom is 0.111 e. The summed E-state index contributed by atoms with van der Waals surface area (Å²) >= 11 is 0. The van der Waals surface area contributed by atoms with Gasteiger partial charge in [-0.15, -0.1) is 5.10 Å². The lowest BCUT2D eigenvalue weighted by Crippen LogP contribution is -2.67. The number of aliphatic hydroxyl groups excluding tert-OH is 5. The van der Waals surface area contributed by atoms with Crippen LogP contribution in [0.15, 0.2) is 36.5 Å². The standard InChI is InChI=1S/C22H34N4O6/c27-18-17(19(28)21(30)22(31)20(18)29)23-10-9-16-13-26(25-24-16)11-5-2-6-12-32-14-15-7-3-1-4-8-15/h1,3-4,7-8,13,17-23,27-31H,2,5-6,9-12,14H2. The number of nitrogens with zero attached hydrogens (tertiary/aromatic N) is 3. The van der Waals surface area contributed by atoms with Crippen LogP contribution in [0.25, 0.3) is 0 Å². The first-order valence-corrected chi connectivity index (χ1v) is 11.1. The molecule has 1 aromatic carbocycles. The topological polar surface area (TPSA) is 153 Å². The van der Waals surface area contributed by atoms with Crippen molar-refractivity contribution in [1.82, 2.24) is 20.3 Å². The number of unbranched alkanes of at least 4 members (excludes halogenated alkanes) is 2. The predicted octanol–water partition coefficient (Wildman–Crippen LogP) is -1.02. The summed E-state index contributed by atoms with van der Waals surface area (Å²) < 4.78 is 7.47. The van der Waals surface area contributed by atoms with Crippen LogP contribution in [0.2, 0.25) is 0 Å². The molecule has 1 aliphatic carbocycles. The lowest BCUT2D eigenvalue weighted by atomic mass is 9.83. The number of hydrogen-bond acceptors (Lipinski definition) is 9. The maximum atomic E-state index is 10.0. The molecule has 4 unspecified atom stereocenters. The molecule has 1 aromatic heterocycles. The van der Waals surface area contributed by atoms with Gasteiger partial charge in [0.1, 0.15) is 30.5 Å². The number of ether oxygens (including phenoxy) is 1. The van der Waals surface area contributed by atoms with Gasteiger partial charge >= 0.3 is 0 Å². The van der Waals surface area contributed by atoms with Crippen LogP contribution in [-0.2, 0) is 24.3 Å². The summed E-state index contributed by atoms with van der Waals surface area (Å²) in [6.45, 7) is 2.47. The van der Waals surface area contributed by atoms with Crippen LogP contribution in [0.1, 0.15) is 30.5 Å². The fourth-order valence-electron chi connectivity index (χ4n) is 3.82. The number of aliphatic hydroxyl groups is 5. The largest absolute Gasteiger partial charge is 0.389 e. The smallest absolute Gasteiger partial charge is 0.111 e. The highest BCUT2D eigenvalue weighted by atomic mass is 16.5. The Balaban J connectivity index is 1.29. The van der Waals surface area contributed by atoms with Crippen LogP contribution in [0.4, 0.5) is 0 Å². The Hall–Kier alpha value is -1.92. The van der Waals surface area contributed by atoms with Crippen molar-refractivity contribution in [3.8, 4) is 0 Å². The minimum Gasteiger partial charge on any atom is -0.389 e. The highest BCUT2D eigenvalue weighted by Crippen LogP contribution is 2.21. The van der Waals surface area contributed by atoms with Gasteiger partial charge in [0, 0.05) is 32.3 Å². The van der Waals surface area contributed by atoms with Crippen molar-refractivity contribution in [2.45, 2.75) is 75.4 Å². The van der Waals surface area contributed by atoms with E-state index in [4.69, 9.17) is 4.74 Å². The van der Waals surface area contributed by atoms with E-state index in [1.807, 2.05) is 36.5 Å². The van der Waals surface area contributed by atoms with Gasteiger partial charge in [-0.1, -0.05) is 35.5 Å². The first-order valence-electron chi connectivity index (χ1n) is 11.1. The van der Waals surface area contributed by atoms with Crippen LogP contribution in [0, 0.1) is 0 Å². The van der Waals surface area contributed by atoms with Gasteiger partial charge < -0.3 is 35.6 Å². The van der Waals surface area contributed by atoms with E-state index in [1.165, 1.54) is 5.56 Å². The Labute approximate surface area is 187 Å². The molecule has 178 valence electrons. The lowest BCUT2D eigenvalue weighted by molar-refractivity contribution is -0.190. The summed E-state index contributed by atoms with van der Waals surface area (Å²) in [6.07, 6.45) is -2.11. The van der Waals surface area contributed by atoms with Crippen LogP contribution in [0.3, 0.4) is 0 Å². The molecule has 1 saturated carbocycles. The van der Waals surface area contributed by atoms with Gasteiger partial charge in [0.15, 0.2) is 0 Å². The fourth-order valence-corrected chi connectivity index (χ4v) is 3.82. The summed E-state index contributed by atoms with van der Waals surface area (Å²) in [5.74, 6) is 0. The zero-order valence-corrected chi connectivity index (χ0v) is 18.1. The van der Waals surface area contributed by atoms with Gasteiger partial charge in [-0.25, -0.2) is 0 Å². The molecule has 3 rings (SSSR count). The van der Waals surface area contributed by atoms with Gasteiger partial charge in [-0.05, 0) is 24.8 Å². The molecule has 0 radical (unpaired) electrons. The van der Waals surface area contributed by atoms with Gasteiger partial charge in [0.05, 0.1) is 18.3 Å². The van der Waals surface area contributed by atoms with E-state index in [-0.39, 0.29) is 0 Å². The SMILES string of the molecule is OC1C(O)C(O)C(NCCc2cn(CCCCCOCc3ccccc3)nn2)C(O)C1O. The third-order valence-electron chi connectivity index (χ3n) is 5.77. The number of nitrogens with one attached hydrogen (secondary N) is 1. The molecule has 10 heteroatoms. The van der Waals surface area contributed by atoms with Crippen LogP contribution >= 0.6 is 0 Å². The second-order valence-electron chi connectivity index (χ2n) is 8.25. The molecule has 32 heavy (non-hydrogen) atoms. The number of rotatable bonds is 12. The molecule has 0 aliphatic heterocycles. The monoisotopic (exact) mass is 450 g/mol. The molecule has 4 atom stereocenters. The van der Waals surface area contributed by atoms with Crippen molar-refractivity contribution in [3.63, 3.8) is 0 Å².